The van der Waals surface area contributed by atoms with Gasteiger partial charge in [0.2, 0.25) is 0 Å². The van der Waals surface area contributed by atoms with Crippen molar-refractivity contribution in [3.05, 3.63) is 35.5 Å². The van der Waals surface area contributed by atoms with Crippen LogP contribution in [0.4, 0.5) is 5.82 Å². The SMILES string of the molecule is Oc1ccccc1-c1nc2c(c(N3CCCC3)n1)CCCCCC2. The summed E-state index contributed by atoms with van der Waals surface area (Å²) in [6.45, 7) is 2.17. The van der Waals surface area contributed by atoms with Crippen LogP contribution in [0, 0.1) is 0 Å². The number of aryl methyl sites for hydroxylation is 1. The van der Waals surface area contributed by atoms with Crippen LogP contribution in [0.5, 0.6) is 5.75 Å². The van der Waals surface area contributed by atoms with Crippen LogP contribution in [-0.2, 0) is 12.8 Å². The van der Waals surface area contributed by atoms with Gasteiger partial charge in [-0.3, -0.25) is 0 Å². The van der Waals surface area contributed by atoms with E-state index in [9.17, 15) is 5.11 Å². The van der Waals surface area contributed by atoms with Crippen LogP contribution in [-0.4, -0.2) is 28.2 Å². The number of hydrogen-bond donors (Lipinski definition) is 1. The minimum Gasteiger partial charge on any atom is -0.507 e. The molecule has 126 valence electrons. The Kier molecular flexibility index (Phi) is 4.37. The van der Waals surface area contributed by atoms with E-state index >= 15 is 0 Å². The van der Waals surface area contributed by atoms with Gasteiger partial charge in [-0.05, 0) is 50.7 Å². The molecule has 1 aliphatic heterocycles. The standard InChI is InChI=1S/C20H25N3O/c24-18-12-6-5-10-16(18)19-21-17-11-4-2-1-3-9-15(17)20(22-19)23-13-7-8-14-23/h5-6,10,12,24H,1-4,7-9,11,13-14H2. The van der Waals surface area contributed by atoms with E-state index in [1.807, 2.05) is 18.2 Å². The smallest absolute Gasteiger partial charge is 0.165 e. The van der Waals surface area contributed by atoms with Crippen molar-refractivity contribution >= 4 is 5.82 Å². The predicted molar refractivity (Wildman–Crippen MR) is 96.5 cm³/mol. The average Bonchev–Trinajstić information content (AvgIpc) is 3.10. The summed E-state index contributed by atoms with van der Waals surface area (Å²) in [7, 11) is 0. The van der Waals surface area contributed by atoms with Crippen LogP contribution in [0.25, 0.3) is 11.4 Å². The molecule has 1 aromatic heterocycles. The van der Waals surface area contributed by atoms with Crippen molar-refractivity contribution < 1.29 is 5.11 Å². The molecule has 1 aromatic carbocycles. The molecule has 0 atom stereocenters. The van der Waals surface area contributed by atoms with E-state index in [4.69, 9.17) is 9.97 Å². The lowest BCUT2D eigenvalue weighted by molar-refractivity contribution is 0.477. The fourth-order valence-electron chi connectivity index (χ4n) is 3.90. The van der Waals surface area contributed by atoms with Gasteiger partial charge in [-0.1, -0.05) is 25.0 Å². The predicted octanol–water partition coefficient (Wildman–Crippen LogP) is 4.11. The number of phenols is 1. The molecule has 1 fully saturated rings. The number of aromatic nitrogens is 2. The third-order valence-corrected chi connectivity index (χ3v) is 5.21. The number of nitrogens with zero attached hydrogens (tertiary/aromatic N) is 3. The van der Waals surface area contributed by atoms with E-state index in [0.29, 0.717) is 5.82 Å². The first-order valence-corrected chi connectivity index (χ1v) is 9.26. The van der Waals surface area contributed by atoms with Gasteiger partial charge in [-0.25, -0.2) is 9.97 Å². The zero-order valence-corrected chi connectivity index (χ0v) is 14.2. The lowest BCUT2D eigenvalue weighted by Crippen LogP contribution is -2.23. The second kappa shape index (κ2) is 6.80. The quantitative estimate of drug-likeness (QED) is 0.903. The van der Waals surface area contributed by atoms with Gasteiger partial charge in [0.25, 0.3) is 0 Å². The number of rotatable bonds is 2. The monoisotopic (exact) mass is 323 g/mol. The van der Waals surface area contributed by atoms with Crippen molar-refractivity contribution in [2.45, 2.75) is 51.4 Å². The number of fused-ring (bicyclic) bond motifs is 1. The molecule has 0 radical (unpaired) electrons. The molecule has 2 aromatic rings. The van der Waals surface area contributed by atoms with Crippen LogP contribution < -0.4 is 4.90 Å². The summed E-state index contributed by atoms with van der Waals surface area (Å²) in [4.78, 5) is 12.2. The largest absolute Gasteiger partial charge is 0.507 e. The molecule has 0 unspecified atom stereocenters. The first-order valence-electron chi connectivity index (χ1n) is 9.26. The Labute approximate surface area is 143 Å². The van der Waals surface area contributed by atoms with Crippen LogP contribution in [0.1, 0.15) is 49.8 Å². The number of anilines is 1. The van der Waals surface area contributed by atoms with Crippen molar-refractivity contribution in [3.63, 3.8) is 0 Å². The van der Waals surface area contributed by atoms with Gasteiger partial charge in [0.05, 0.1) is 5.56 Å². The Morgan fingerprint density at radius 1 is 0.833 bits per heavy atom. The minimum absolute atomic E-state index is 0.260. The van der Waals surface area contributed by atoms with Crippen LogP contribution in [0.15, 0.2) is 24.3 Å². The lowest BCUT2D eigenvalue weighted by atomic mass is 9.97. The van der Waals surface area contributed by atoms with Gasteiger partial charge < -0.3 is 10.0 Å². The van der Waals surface area contributed by atoms with E-state index in [-0.39, 0.29) is 5.75 Å². The maximum atomic E-state index is 10.2. The second-order valence-corrected chi connectivity index (χ2v) is 6.92. The van der Waals surface area contributed by atoms with E-state index in [2.05, 4.69) is 4.90 Å². The molecule has 0 amide bonds. The molecule has 24 heavy (non-hydrogen) atoms. The second-order valence-electron chi connectivity index (χ2n) is 6.92. The van der Waals surface area contributed by atoms with Gasteiger partial charge in [0, 0.05) is 24.3 Å². The Bertz CT molecular complexity index is 723. The van der Waals surface area contributed by atoms with Crippen molar-refractivity contribution in [2.75, 3.05) is 18.0 Å². The summed E-state index contributed by atoms with van der Waals surface area (Å²) in [5.41, 5.74) is 3.29. The number of aromatic hydroxyl groups is 1. The van der Waals surface area contributed by atoms with E-state index in [0.717, 1.165) is 37.3 Å². The third-order valence-electron chi connectivity index (χ3n) is 5.21. The molecule has 0 bridgehead atoms. The summed E-state index contributed by atoms with van der Waals surface area (Å²) in [6.07, 6.45) is 9.61. The van der Waals surface area contributed by atoms with Crippen LogP contribution in [0.2, 0.25) is 0 Å². The van der Waals surface area contributed by atoms with E-state index < -0.39 is 0 Å². The van der Waals surface area contributed by atoms with Gasteiger partial charge in [0.1, 0.15) is 11.6 Å². The number of phenolic OH excluding ortho intramolecular Hbond substituents is 1. The highest BCUT2D eigenvalue weighted by Crippen LogP contribution is 2.33. The fourth-order valence-corrected chi connectivity index (χ4v) is 3.90. The highest BCUT2D eigenvalue weighted by molar-refractivity contribution is 5.66. The van der Waals surface area contributed by atoms with E-state index in [1.54, 1.807) is 6.07 Å². The first-order chi connectivity index (χ1) is 11.8. The maximum Gasteiger partial charge on any atom is 0.165 e. The van der Waals surface area contributed by atoms with Crippen LogP contribution in [0.3, 0.4) is 0 Å². The molecular weight excluding hydrogens is 298 g/mol. The highest BCUT2D eigenvalue weighted by atomic mass is 16.3. The van der Waals surface area contributed by atoms with Crippen molar-refractivity contribution in [3.8, 4) is 17.1 Å². The molecule has 0 spiro atoms. The Morgan fingerprint density at radius 3 is 2.38 bits per heavy atom. The first kappa shape index (κ1) is 15.4. The summed E-state index contributed by atoms with van der Waals surface area (Å²) in [5.74, 6) is 2.06. The van der Waals surface area contributed by atoms with Gasteiger partial charge >= 0.3 is 0 Å². The van der Waals surface area contributed by atoms with Gasteiger partial charge in [-0.15, -0.1) is 0 Å². The zero-order valence-electron chi connectivity index (χ0n) is 14.2. The molecule has 1 N–H and O–H groups in total. The Morgan fingerprint density at radius 2 is 1.58 bits per heavy atom. The fraction of sp³-hybridized carbons (Fsp3) is 0.500. The van der Waals surface area contributed by atoms with Crippen LogP contribution >= 0.6 is 0 Å². The normalized spacial score (nSPS) is 18.1. The number of para-hydroxylation sites is 1. The van der Waals surface area contributed by atoms with Gasteiger partial charge in [-0.2, -0.15) is 0 Å². The molecule has 2 aliphatic rings. The number of benzene rings is 1. The van der Waals surface area contributed by atoms with Crippen molar-refractivity contribution in [1.29, 1.82) is 0 Å². The molecule has 4 nitrogen and oxygen atoms in total. The Balaban J connectivity index is 1.84. The molecular formula is C20H25N3O. The zero-order chi connectivity index (χ0) is 16.4. The summed E-state index contributed by atoms with van der Waals surface area (Å²) < 4.78 is 0. The molecule has 1 aliphatic carbocycles. The average molecular weight is 323 g/mol. The molecule has 4 heteroatoms. The minimum atomic E-state index is 0.260. The maximum absolute atomic E-state index is 10.2. The molecule has 4 rings (SSSR count). The Hall–Kier alpha value is -2.10. The highest BCUT2D eigenvalue weighted by Gasteiger charge is 2.23. The summed E-state index contributed by atoms with van der Waals surface area (Å²) in [5, 5.41) is 10.2. The molecule has 0 saturated carbocycles. The molecule has 2 heterocycles. The van der Waals surface area contributed by atoms with Crippen molar-refractivity contribution in [2.24, 2.45) is 0 Å². The van der Waals surface area contributed by atoms with Crippen molar-refractivity contribution in [1.82, 2.24) is 9.97 Å². The number of hydrogen-bond acceptors (Lipinski definition) is 4. The summed E-state index contributed by atoms with van der Waals surface area (Å²) in [6, 6.07) is 7.40. The lowest BCUT2D eigenvalue weighted by Gasteiger charge is -2.24. The molecule has 1 saturated heterocycles. The topological polar surface area (TPSA) is 49.3 Å². The van der Waals surface area contributed by atoms with Gasteiger partial charge in [0.15, 0.2) is 5.82 Å². The van der Waals surface area contributed by atoms with E-state index in [1.165, 1.54) is 49.8 Å². The summed E-state index contributed by atoms with van der Waals surface area (Å²) >= 11 is 0. The third kappa shape index (κ3) is 2.97.